The molecule has 4 rings (SSSR count). The van der Waals surface area contributed by atoms with E-state index >= 15 is 0 Å². The third-order valence-corrected chi connectivity index (χ3v) is 4.58. The van der Waals surface area contributed by atoms with Crippen molar-refractivity contribution in [1.29, 1.82) is 0 Å². The van der Waals surface area contributed by atoms with Crippen LogP contribution in [0.1, 0.15) is 38.0 Å². The van der Waals surface area contributed by atoms with E-state index in [1.54, 1.807) is 0 Å². The molecular weight excluding hydrogens is 350 g/mol. The van der Waals surface area contributed by atoms with Gasteiger partial charge in [0.25, 0.3) is 0 Å². The molecule has 4 nitrogen and oxygen atoms in total. The van der Waals surface area contributed by atoms with Gasteiger partial charge in [0.05, 0.1) is 0 Å². The number of benzene rings is 3. The van der Waals surface area contributed by atoms with Crippen LogP contribution in [0, 0.1) is 0 Å². The van der Waals surface area contributed by atoms with E-state index in [9.17, 15) is 4.79 Å². The summed E-state index contributed by atoms with van der Waals surface area (Å²) < 4.78 is 11.9. The first-order valence-electron chi connectivity index (χ1n) is 9.43. The number of ether oxygens (including phenoxy) is 2. The minimum Gasteiger partial charge on any atom is -0.466 e. The van der Waals surface area contributed by atoms with Crippen LogP contribution in [0.2, 0.25) is 0 Å². The van der Waals surface area contributed by atoms with E-state index in [0.717, 1.165) is 21.9 Å². The van der Waals surface area contributed by atoms with Gasteiger partial charge in [0.1, 0.15) is 5.60 Å². The molecule has 0 aromatic heterocycles. The maximum Gasteiger partial charge on any atom is 0.335 e. The molecule has 0 unspecified atom stereocenters. The molecule has 0 bridgehead atoms. The van der Waals surface area contributed by atoms with Gasteiger partial charge in [-0.1, -0.05) is 60.7 Å². The van der Waals surface area contributed by atoms with E-state index < -0.39 is 17.7 Å². The van der Waals surface area contributed by atoms with Crippen LogP contribution >= 0.6 is 0 Å². The summed E-state index contributed by atoms with van der Waals surface area (Å²) in [7, 11) is 0. The van der Waals surface area contributed by atoms with E-state index in [1.807, 2.05) is 81.4 Å². The monoisotopic (exact) mass is 373 g/mol. The second-order valence-electron chi connectivity index (χ2n) is 7.89. The Hall–Kier alpha value is -3.14. The predicted octanol–water partition coefficient (Wildman–Crippen LogP) is 5.07. The number of fused-ring (bicyclic) bond motifs is 1. The second kappa shape index (κ2) is 7.12. The first kappa shape index (κ1) is 18.2. The summed E-state index contributed by atoms with van der Waals surface area (Å²) in [6, 6.07) is 23.0. The van der Waals surface area contributed by atoms with Crippen LogP contribution in [0.25, 0.3) is 10.8 Å². The van der Waals surface area contributed by atoms with Crippen LogP contribution in [-0.4, -0.2) is 23.5 Å². The zero-order chi connectivity index (χ0) is 19.7. The molecule has 0 aliphatic carbocycles. The normalized spacial score (nSPS) is 19.2. The molecule has 4 heteroatoms. The van der Waals surface area contributed by atoms with Crippen molar-refractivity contribution in [2.75, 3.05) is 0 Å². The highest BCUT2D eigenvalue weighted by molar-refractivity contribution is 5.99. The van der Waals surface area contributed by atoms with Crippen molar-refractivity contribution in [3.05, 3.63) is 83.9 Å². The van der Waals surface area contributed by atoms with Gasteiger partial charge < -0.3 is 9.47 Å². The highest BCUT2D eigenvalue weighted by atomic mass is 16.6. The molecule has 0 amide bonds. The summed E-state index contributed by atoms with van der Waals surface area (Å²) >= 11 is 0. The Kier molecular flexibility index (Phi) is 4.63. The van der Waals surface area contributed by atoms with Gasteiger partial charge in [-0.25, -0.2) is 9.79 Å². The van der Waals surface area contributed by atoms with Crippen LogP contribution in [-0.2, 0) is 14.3 Å². The van der Waals surface area contributed by atoms with E-state index in [1.165, 1.54) is 0 Å². The molecule has 1 heterocycles. The summed E-state index contributed by atoms with van der Waals surface area (Å²) in [4.78, 5) is 17.6. The highest BCUT2D eigenvalue weighted by Crippen LogP contribution is 2.36. The standard InChI is InChI=1S/C24H23NO3/c1-24(2,3)28-23(26)20-21(27-22(25-20)17-11-5-4-6-12-17)19-15-9-13-16-10-7-8-14-18(16)19/h4-15,20-21H,1-3H3/t20-,21+/m1/s1. The van der Waals surface area contributed by atoms with Crippen molar-refractivity contribution in [1.82, 2.24) is 0 Å². The minimum atomic E-state index is -0.750. The molecule has 1 aliphatic heterocycles. The Morgan fingerprint density at radius 3 is 2.36 bits per heavy atom. The van der Waals surface area contributed by atoms with E-state index in [4.69, 9.17) is 9.47 Å². The number of esters is 1. The topological polar surface area (TPSA) is 47.9 Å². The molecule has 1 aliphatic rings. The van der Waals surface area contributed by atoms with Gasteiger partial charge >= 0.3 is 5.97 Å². The molecule has 142 valence electrons. The number of aliphatic imine (C=N–C) groups is 1. The summed E-state index contributed by atoms with van der Waals surface area (Å²) in [5.41, 5.74) is 1.19. The second-order valence-corrected chi connectivity index (χ2v) is 7.89. The lowest BCUT2D eigenvalue weighted by molar-refractivity contribution is -0.158. The third kappa shape index (κ3) is 3.63. The zero-order valence-corrected chi connectivity index (χ0v) is 16.3. The Morgan fingerprint density at radius 2 is 1.61 bits per heavy atom. The average Bonchev–Trinajstić information content (AvgIpc) is 3.12. The minimum absolute atomic E-state index is 0.378. The average molecular weight is 373 g/mol. The van der Waals surface area contributed by atoms with Crippen molar-refractivity contribution < 1.29 is 14.3 Å². The Labute approximate surface area is 164 Å². The number of hydrogen-bond acceptors (Lipinski definition) is 4. The van der Waals surface area contributed by atoms with Gasteiger partial charge in [-0.15, -0.1) is 0 Å². The van der Waals surface area contributed by atoms with Gasteiger partial charge in [-0.3, -0.25) is 0 Å². The van der Waals surface area contributed by atoms with Crippen LogP contribution in [0.4, 0.5) is 0 Å². The Morgan fingerprint density at radius 1 is 0.929 bits per heavy atom. The number of hydrogen-bond donors (Lipinski definition) is 0. The maximum atomic E-state index is 12.9. The van der Waals surface area contributed by atoms with Crippen molar-refractivity contribution in [2.45, 2.75) is 38.5 Å². The van der Waals surface area contributed by atoms with Gasteiger partial charge in [0.2, 0.25) is 5.90 Å². The molecule has 0 radical (unpaired) electrons. The molecule has 0 saturated carbocycles. The Bertz CT molecular complexity index is 1030. The third-order valence-electron chi connectivity index (χ3n) is 4.58. The van der Waals surface area contributed by atoms with E-state index in [-0.39, 0.29) is 5.97 Å². The summed E-state index contributed by atoms with van der Waals surface area (Å²) in [5.74, 6) is 0.0887. The maximum absolute atomic E-state index is 12.9. The lowest BCUT2D eigenvalue weighted by atomic mass is 9.96. The fourth-order valence-corrected chi connectivity index (χ4v) is 3.40. The molecule has 28 heavy (non-hydrogen) atoms. The van der Waals surface area contributed by atoms with Crippen LogP contribution in [0.5, 0.6) is 0 Å². The molecular formula is C24H23NO3. The molecule has 0 N–H and O–H groups in total. The van der Waals surface area contributed by atoms with Gasteiger partial charge in [0, 0.05) is 11.1 Å². The fraction of sp³-hybridized carbons (Fsp3) is 0.250. The lowest BCUT2D eigenvalue weighted by Gasteiger charge is -2.24. The summed E-state index contributed by atoms with van der Waals surface area (Å²) in [5, 5.41) is 2.15. The van der Waals surface area contributed by atoms with Crippen molar-refractivity contribution >= 4 is 22.6 Å². The van der Waals surface area contributed by atoms with Crippen LogP contribution in [0.3, 0.4) is 0 Å². The molecule has 2 atom stereocenters. The van der Waals surface area contributed by atoms with Crippen molar-refractivity contribution in [3.8, 4) is 0 Å². The van der Waals surface area contributed by atoms with E-state index in [0.29, 0.717) is 5.90 Å². The Balaban J connectivity index is 1.77. The number of carbonyl (C=O) groups is 1. The van der Waals surface area contributed by atoms with Crippen molar-refractivity contribution in [2.24, 2.45) is 4.99 Å². The number of rotatable bonds is 3. The summed E-state index contributed by atoms with van der Waals surface area (Å²) in [6.45, 7) is 5.57. The fourth-order valence-electron chi connectivity index (χ4n) is 3.40. The smallest absolute Gasteiger partial charge is 0.335 e. The first-order valence-corrected chi connectivity index (χ1v) is 9.43. The molecule has 0 spiro atoms. The predicted molar refractivity (Wildman–Crippen MR) is 110 cm³/mol. The van der Waals surface area contributed by atoms with Gasteiger partial charge in [-0.05, 0) is 43.7 Å². The highest BCUT2D eigenvalue weighted by Gasteiger charge is 2.41. The van der Waals surface area contributed by atoms with Gasteiger partial charge in [-0.2, -0.15) is 0 Å². The molecule has 0 saturated heterocycles. The van der Waals surface area contributed by atoms with Gasteiger partial charge in [0.15, 0.2) is 12.1 Å². The molecule has 3 aromatic carbocycles. The lowest BCUT2D eigenvalue weighted by Crippen LogP contribution is -2.33. The van der Waals surface area contributed by atoms with Crippen LogP contribution in [0.15, 0.2) is 77.8 Å². The first-order chi connectivity index (χ1) is 13.4. The largest absolute Gasteiger partial charge is 0.466 e. The summed E-state index contributed by atoms with van der Waals surface area (Å²) in [6.07, 6.45) is -0.531. The quantitative estimate of drug-likeness (QED) is 0.602. The zero-order valence-electron chi connectivity index (χ0n) is 16.3. The molecule has 3 aromatic rings. The SMILES string of the molecule is CC(C)(C)OC(=O)[C@@H]1N=C(c2ccccc2)O[C@H]1c1cccc2ccccc12. The van der Waals surface area contributed by atoms with Crippen molar-refractivity contribution in [3.63, 3.8) is 0 Å². The van der Waals surface area contributed by atoms with E-state index in [2.05, 4.69) is 17.1 Å². The van der Waals surface area contributed by atoms with Crippen LogP contribution < -0.4 is 0 Å². The number of nitrogens with zero attached hydrogens (tertiary/aromatic N) is 1. The molecule has 0 fully saturated rings. The number of carbonyl (C=O) groups excluding carboxylic acids is 1.